The van der Waals surface area contributed by atoms with E-state index in [1.54, 1.807) is 13.8 Å². The predicted octanol–water partition coefficient (Wildman–Crippen LogP) is 0.274. The van der Waals surface area contributed by atoms with E-state index in [4.69, 9.17) is 4.52 Å². The summed E-state index contributed by atoms with van der Waals surface area (Å²) >= 11 is 0. The van der Waals surface area contributed by atoms with E-state index in [2.05, 4.69) is 10.5 Å². The normalized spacial score (nSPS) is 22.9. The van der Waals surface area contributed by atoms with Gasteiger partial charge in [0.15, 0.2) is 5.76 Å². The minimum atomic E-state index is -3.49. The van der Waals surface area contributed by atoms with Crippen molar-refractivity contribution in [2.45, 2.75) is 31.7 Å². The van der Waals surface area contributed by atoms with Crippen LogP contribution in [0.2, 0.25) is 0 Å². The number of aryl methyl sites for hydroxylation is 2. The molecule has 1 aliphatic heterocycles. The molecule has 2 heterocycles. The maximum atomic E-state index is 12.5. The summed E-state index contributed by atoms with van der Waals surface area (Å²) < 4.78 is 31.4. The van der Waals surface area contributed by atoms with Crippen LogP contribution in [0, 0.1) is 13.8 Å². The van der Waals surface area contributed by atoms with Crippen LogP contribution < -0.4 is 5.32 Å². The van der Waals surface area contributed by atoms with Crippen molar-refractivity contribution in [2.24, 2.45) is 0 Å². The number of piperazine rings is 1. The molecule has 0 bridgehead atoms. The van der Waals surface area contributed by atoms with Gasteiger partial charge in [-0.15, -0.1) is 0 Å². The molecule has 1 aliphatic rings. The number of hydrogen-bond acceptors (Lipinski definition) is 5. The fourth-order valence-corrected chi connectivity index (χ4v) is 4.07. The topological polar surface area (TPSA) is 75.4 Å². The van der Waals surface area contributed by atoms with E-state index in [0.717, 1.165) is 0 Å². The standard InChI is InChI=1S/C10H17N3O3S/c1-7-6-11-4-5-13(7)17(14,15)10-8(2)12-16-9(10)3/h7,11H,4-6H2,1-3H3/t7-/m1/s1. The Kier molecular flexibility index (Phi) is 3.24. The van der Waals surface area contributed by atoms with Crippen LogP contribution in [0.25, 0.3) is 0 Å². The lowest BCUT2D eigenvalue weighted by atomic mass is 10.3. The molecular formula is C10H17N3O3S. The molecule has 1 aromatic rings. The summed E-state index contributed by atoms with van der Waals surface area (Å²) in [5, 5.41) is 6.87. The minimum absolute atomic E-state index is 0.0533. The molecule has 17 heavy (non-hydrogen) atoms. The van der Waals surface area contributed by atoms with Crippen LogP contribution in [-0.2, 0) is 10.0 Å². The lowest BCUT2D eigenvalue weighted by molar-refractivity contribution is 0.283. The maximum absolute atomic E-state index is 12.5. The van der Waals surface area contributed by atoms with Crippen LogP contribution in [-0.4, -0.2) is 43.6 Å². The third-order valence-electron chi connectivity index (χ3n) is 2.97. The van der Waals surface area contributed by atoms with Crippen LogP contribution in [0.15, 0.2) is 9.42 Å². The van der Waals surface area contributed by atoms with Crippen molar-refractivity contribution in [1.29, 1.82) is 0 Å². The lowest BCUT2D eigenvalue weighted by Crippen LogP contribution is -2.52. The number of nitrogens with one attached hydrogen (secondary N) is 1. The number of sulfonamides is 1. The number of hydrogen-bond donors (Lipinski definition) is 1. The Morgan fingerprint density at radius 3 is 2.71 bits per heavy atom. The van der Waals surface area contributed by atoms with E-state index >= 15 is 0 Å². The van der Waals surface area contributed by atoms with E-state index in [9.17, 15) is 8.42 Å². The Labute approximate surface area is 101 Å². The zero-order valence-corrected chi connectivity index (χ0v) is 11.0. The second-order valence-electron chi connectivity index (χ2n) is 4.32. The first kappa shape index (κ1) is 12.5. The van der Waals surface area contributed by atoms with Gasteiger partial charge in [0, 0.05) is 25.7 Å². The summed E-state index contributed by atoms with van der Waals surface area (Å²) in [4.78, 5) is 0.214. The third-order valence-corrected chi connectivity index (χ3v) is 5.23. The molecule has 0 saturated carbocycles. The van der Waals surface area contributed by atoms with Gasteiger partial charge in [0.25, 0.3) is 0 Å². The number of rotatable bonds is 2. The van der Waals surface area contributed by atoms with E-state index in [0.29, 0.717) is 31.1 Å². The lowest BCUT2D eigenvalue weighted by Gasteiger charge is -2.32. The van der Waals surface area contributed by atoms with Crippen molar-refractivity contribution < 1.29 is 12.9 Å². The SMILES string of the molecule is Cc1noc(C)c1S(=O)(=O)N1CCNC[C@H]1C. The van der Waals surface area contributed by atoms with Crippen molar-refractivity contribution in [3.8, 4) is 0 Å². The van der Waals surface area contributed by atoms with Crippen LogP contribution >= 0.6 is 0 Å². The quantitative estimate of drug-likeness (QED) is 0.825. The predicted molar refractivity (Wildman–Crippen MR) is 62.2 cm³/mol. The van der Waals surface area contributed by atoms with Crippen molar-refractivity contribution in [3.05, 3.63) is 11.5 Å². The monoisotopic (exact) mass is 259 g/mol. The average molecular weight is 259 g/mol. The van der Waals surface area contributed by atoms with Gasteiger partial charge in [0.05, 0.1) is 0 Å². The summed E-state index contributed by atoms with van der Waals surface area (Å²) in [5.41, 5.74) is 0.424. The number of nitrogens with zero attached hydrogens (tertiary/aromatic N) is 2. The van der Waals surface area contributed by atoms with Crippen molar-refractivity contribution in [1.82, 2.24) is 14.8 Å². The van der Waals surface area contributed by atoms with E-state index in [1.807, 2.05) is 6.92 Å². The molecule has 96 valence electrons. The smallest absolute Gasteiger partial charge is 0.248 e. The highest BCUT2D eigenvalue weighted by atomic mass is 32.2. The van der Waals surface area contributed by atoms with Crippen LogP contribution in [0.3, 0.4) is 0 Å². The molecule has 1 N–H and O–H groups in total. The van der Waals surface area contributed by atoms with Crippen molar-refractivity contribution in [2.75, 3.05) is 19.6 Å². The summed E-state index contributed by atoms with van der Waals surface area (Å²) in [7, 11) is -3.49. The molecule has 0 spiro atoms. The van der Waals surface area contributed by atoms with Crippen LogP contribution in [0.4, 0.5) is 0 Å². The Morgan fingerprint density at radius 1 is 1.47 bits per heavy atom. The Morgan fingerprint density at radius 2 is 2.18 bits per heavy atom. The zero-order valence-electron chi connectivity index (χ0n) is 10.2. The molecule has 1 atom stereocenters. The van der Waals surface area contributed by atoms with Gasteiger partial charge in [0.2, 0.25) is 10.0 Å². The van der Waals surface area contributed by atoms with E-state index in [1.165, 1.54) is 4.31 Å². The first-order valence-corrected chi connectivity index (χ1v) is 7.04. The molecule has 6 nitrogen and oxygen atoms in total. The molecule has 1 saturated heterocycles. The minimum Gasteiger partial charge on any atom is -0.360 e. The molecule has 2 rings (SSSR count). The highest BCUT2D eigenvalue weighted by Crippen LogP contribution is 2.25. The second-order valence-corrected chi connectivity index (χ2v) is 6.15. The average Bonchev–Trinajstić information content (AvgIpc) is 2.59. The second kappa shape index (κ2) is 4.40. The van der Waals surface area contributed by atoms with Gasteiger partial charge < -0.3 is 9.84 Å². The van der Waals surface area contributed by atoms with Gasteiger partial charge in [-0.3, -0.25) is 0 Å². The van der Waals surface area contributed by atoms with Gasteiger partial charge >= 0.3 is 0 Å². The number of aromatic nitrogens is 1. The summed E-state index contributed by atoms with van der Waals surface area (Å²) in [6.45, 7) is 6.99. The molecule has 0 unspecified atom stereocenters. The Bertz CT molecular complexity index is 489. The van der Waals surface area contributed by atoms with Gasteiger partial charge in [-0.2, -0.15) is 4.31 Å². The van der Waals surface area contributed by atoms with Crippen LogP contribution in [0.1, 0.15) is 18.4 Å². The summed E-state index contributed by atoms with van der Waals surface area (Å²) in [5.74, 6) is 0.355. The van der Waals surface area contributed by atoms with Gasteiger partial charge in [-0.05, 0) is 20.8 Å². The molecular weight excluding hydrogens is 242 g/mol. The summed E-state index contributed by atoms with van der Waals surface area (Å²) in [6, 6.07) is -0.0533. The summed E-state index contributed by atoms with van der Waals surface area (Å²) in [6.07, 6.45) is 0. The van der Waals surface area contributed by atoms with Crippen molar-refractivity contribution in [3.63, 3.8) is 0 Å². The Hall–Kier alpha value is -0.920. The molecule has 0 aliphatic carbocycles. The van der Waals surface area contributed by atoms with Gasteiger partial charge in [-0.25, -0.2) is 8.42 Å². The molecule has 1 aromatic heterocycles. The maximum Gasteiger partial charge on any atom is 0.248 e. The highest BCUT2D eigenvalue weighted by Gasteiger charge is 2.35. The van der Waals surface area contributed by atoms with Crippen molar-refractivity contribution >= 4 is 10.0 Å². The fraction of sp³-hybridized carbons (Fsp3) is 0.700. The molecule has 0 aromatic carbocycles. The zero-order chi connectivity index (χ0) is 12.6. The van der Waals surface area contributed by atoms with E-state index in [-0.39, 0.29) is 10.9 Å². The molecule has 0 amide bonds. The first-order valence-electron chi connectivity index (χ1n) is 5.60. The molecule has 0 radical (unpaired) electrons. The third kappa shape index (κ3) is 2.10. The van der Waals surface area contributed by atoms with Crippen LogP contribution in [0.5, 0.6) is 0 Å². The van der Waals surface area contributed by atoms with Gasteiger partial charge in [0.1, 0.15) is 10.6 Å². The molecule has 7 heteroatoms. The van der Waals surface area contributed by atoms with E-state index < -0.39 is 10.0 Å². The first-order chi connectivity index (χ1) is 7.94. The largest absolute Gasteiger partial charge is 0.360 e. The Balaban J connectivity index is 2.42. The highest BCUT2D eigenvalue weighted by molar-refractivity contribution is 7.89. The van der Waals surface area contributed by atoms with Gasteiger partial charge in [-0.1, -0.05) is 5.16 Å². The fourth-order valence-electron chi connectivity index (χ4n) is 2.14. The molecule has 1 fully saturated rings.